The number of carbonyl (C=O) groups is 1. The Bertz CT molecular complexity index is 641. The van der Waals surface area contributed by atoms with Gasteiger partial charge in [-0.3, -0.25) is 4.79 Å². The van der Waals surface area contributed by atoms with Gasteiger partial charge in [-0.25, -0.2) is 0 Å². The lowest BCUT2D eigenvalue weighted by Gasteiger charge is -2.33. The Labute approximate surface area is 146 Å². The van der Waals surface area contributed by atoms with Gasteiger partial charge in [-0.2, -0.15) is 4.99 Å². The van der Waals surface area contributed by atoms with Crippen molar-refractivity contribution < 1.29 is 23.7 Å². The normalized spacial score (nSPS) is 17.7. The maximum atomic E-state index is 12.6. The van der Waals surface area contributed by atoms with E-state index in [2.05, 4.69) is 16.9 Å². The van der Waals surface area contributed by atoms with Gasteiger partial charge in [0.1, 0.15) is 6.61 Å². The average molecular weight is 349 g/mol. The highest BCUT2D eigenvalue weighted by atomic mass is 16.7. The fourth-order valence-corrected chi connectivity index (χ4v) is 2.59. The number of carbonyl (C=O) groups excluding carboxylic acids is 1. The molecule has 0 unspecified atom stereocenters. The number of rotatable bonds is 4. The van der Waals surface area contributed by atoms with Gasteiger partial charge < -0.3 is 28.7 Å². The van der Waals surface area contributed by atoms with E-state index in [4.69, 9.17) is 18.9 Å². The number of hydrogen-bond acceptors (Lipinski definition) is 6. The van der Waals surface area contributed by atoms with E-state index in [1.165, 1.54) is 0 Å². The molecule has 0 radical (unpaired) electrons. The highest BCUT2D eigenvalue weighted by Gasteiger charge is 2.21. The summed E-state index contributed by atoms with van der Waals surface area (Å²) in [7, 11) is 3.67. The molecule has 8 nitrogen and oxygen atoms in total. The Balaban J connectivity index is 1.75. The summed E-state index contributed by atoms with van der Waals surface area (Å²) in [5, 5.41) is 0. The number of piperazine rings is 1. The number of nitrogens with zero attached hydrogens (tertiary/aromatic N) is 3. The van der Waals surface area contributed by atoms with E-state index in [-0.39, 0.29) is 12.7 Å². The fraction of sp³-hybridized carbons (Fsp3) is 0.529. The second kappa shape index (κ2) is 8.17. The Morgan fingerprint density at radius 3 is 2.68 bits per heavy atom. The number of methoxy groups -OCH3 is 1. The number of aliphatic imine (C=N–C) groups is 1. The van der Waals surface area contributed by atoms with Gasteiger partial charge in [0, 0.05) is 38.9 Å². The zero-order valence-electron chi connectivity index (χ0n) is 14.6. The van der Waals surface area contributed by atoms with Crippen LogP contribution in [0.3, 0.4) is 0 Å². The van der Waals surface area contributed by atoms with Crippen LogP contribution in [0.5, 0.6) is 11.5 Å². The SMILES string of the molecule is COCCOC(=NC(=O)c1ccc2c(c1)OCO2)N1CCN(C)CC1. The van der Waals surface area contributed by atoms with Gasteiger partial charge in [0.25, 0.3) is 11.9 Å². The summed E-state index contributed by atoms with van der Waals surface area (Å²) in [6, 6.07) is 5.38. The predicted octanol–water partition coefficient (Wildman–Crippen LogP) is 0.822. The van der Waals surface area contributed by atoms with Gasteiger partial charge in [-0.05, 0) is 25.2 Å². The number of amidine groups is 1. The van der Waals surface area contributed by atoms with Crippen molar-refractivity contribution in [3.63, 3.8) is 0 Å². The van der Waals surface area contributed by atoms with E-state index in [0.29, 0.717) is 36.3 Å². The molecule has 2 aliphatic heterocycles. The Morgan fingerprint density at radius 1 is 1.16 bits per heavy atom. The molecule has 1 aromatic rings. The van der Waals surface area contributed by atoms with E-state index in [0.717, 1.165) is 26.2 Å². The summed E-state index contributed by atoms with van der Waals surface area (Å²) in [5.74, 6) is 0.823. The number of benzene rings is 1. The standard InChI is InChI=1S/C17H23N3O5/c1-19-5-7-20(8-6-19)17(23-10-9-22-2)18-16(21)13-3-4-14-15(11-13)25-12-24-14/h3-4,11H,5-10,12H2,1-2H3. The van der Waals surface area contributed by atoms with Crippen molar-refractivity contribution in [3.05, 3.63) is 23.8 Å². The van der Waals surface area contributed by atoms with Crippen LogP contribution >= 0.6 is 0 Å². The minimum absolute atomic E-state index is 0.170. The van der Waals surface area contributed by atoms with Crippen LogP contribution in [0.4, 0.5) is 0 Å². The van der Waals surface area contributed by atoms with E-state index in [9.17, 15) is 4.79 Å². The molecule has 0 aromatic heterocycles. The monoisotopic (exact) mass is 349 g/mol. The summed E-state index contributed by atoms with van der Waals surface area (Å²) in [5.41, 5.74) is 0.436. The summed E-state index contributed by atoms with van der Waals surface area (Å²) >= 11 is 0. The van der Waals surface area contributed by atoms with Crippen molar-refractivity contribution in [1.29, 1.82) is 0 Å². The third-order valence-electron chi connectivity index (χ3n) is 4.11. The smallest absolute Gasteiger partial charge is 0.295 e. The van der Waals surface area contributed by atoms with Crippen LogP contribution in [0.25, 0.3) is 0 Å². The number of likely N-dealkylation sites (N-methyl/N-ethyl adjacent to an activating group) is 1. The van der Waals surface area contributed by atoms with Crippen LogP contribution in [-0.2, 0) is 9.47 Å². The number of ether oxygens (including phenoxy) is 4. The molecule has 136 valence electrons. The molecule has 1 amide bonds. The van der Waals surface area contributed by atoms with Gasteiger partial charge in [-0.1, -0.05) is 0 Å². The molecule has 1 aromatic carbocycles. The third-order valence-corrected chi connectivity index (χ3v) is 4.11. The van der Waals surface area contributed by atoms with Gasteiger partial charge >= 0.3 is 0 Å². The van der Waals surface area contributed by atoms with Crippen LogP contribution in [0.15, 0.2) is 23.2 Å². The highest BCUT2D eigenvalue weighted by Crippen LogP contribution is 2.32. The molecule has 0 saturated carbocycles. The van der Waals surface area contributed by atoms with Crippen molar-refractivity contribution in [2.75, 3.05) is 60.3 Å². The van der Waals surface area contributed by atoms with E-state index in [1.54, 1.807) is 25.3 Å². The average Bonchev–Trinajstić information content (AvgIpc) is 3.09. The third kappa shape index (κ3) is 4.40. The van der Waals surface area contributed by atoms with Crippen LogP contribution < -0.4 is 9.47 Å². The second-order valence-corrected chi connectivity index (χ2v) is 5.90. The number of hydrogen-bond donors (Lipinski definition) is 0. The van der Waals surface area contributed by atoms with Crippen LogP contribution in [0.1, 0.15) is 10.4 Å². The molecule has 0 N–H and O–H groups in total. The quantitative estimate of drug-likeness (QED) is 0.453. The highest BCUT2D eigenvalue weighted by molar-refractivity contribution is 6.01. The molecule has 2 aliphatic rings. The molecular weight excluding hydrogens is 326 g/mol. The van der Waals surface area contributed by atoms with Crippen molar-refractivity contribution in [2.45, 2.75) is 0 Å². The Kier molecular flexibility index (Phi) is 5.72. The van der Waals surface area contributed by atoms with E-state index < -0.39 is 0 Å². The Morgan fingerprint density at radius 2 is 1.92 bits per heavy atom. The van der Waals surface area contributed by atoms with Crippen molar-refractivity contribution in [1.82, 2.24) is 9.80 Å². The molecule has 0 bridgehead atoms. The van der Waals surface area contributed by atoms with Crippen molar-refractivity contribution in [3.8, 4) is 11.5 Å². The molecule has 8 heteroatoms. The first-order chi connectivity index (χ1) is 12.2. The first-order valence-electron chi connectivity index (χ1n) is 8.25. The maximum absolute atomic E-state index is 12.6. The molecule has 0 spiro atoms. The van der Waals surface area contributed by atoms with Crippen LogP contribution in [0, 0.1) is 0 Å². The second-order valence-electron chi connectivity index (χ2n) is 5.90. The number of fused-ring (bicyclic) bond motifs is 1. The van der Waals surface area contributed by atoms with E-state index >= 15 is 0 Å². The maximum Gasteiger partial charge on any atom is 0.295 e. The number of amides is 1. The fourth-order valence-electron chi connectivity index (χ4n) is 2.59. The largest absolute Gasteiger partial charge is 0.462 e. The summed E-state index contributed by atoms with van der Waals surface area (Å²) in [6.07, 6.45) is 0. The topological polar surface area (TPSA) is 72.8 Å². The molecule has 1 fully saturated rings. The lowest BCUT2D eigenvalue weighted by molar-refractivity contribution is 0.0967. The van der Waals surface area contributed by atoms with Crippen LogP contribution in [-0.4, -0.2) is 82.1 Å². The zero-order chi connectivity index (χ0) is 17.6. The molecule has 1 saturated heterocycles. The Hall–Kier alpha value is -2.32. The summed E-state index contributed by atoms with van der Waals surface area (Å²) in [4.78, 5) is 21.0. The minimum Gasteiger partial charge on any atom is -0.462 e. The van der Waals surface area contributed by atoms with Gasteiger partial charge in [0.15, 0.2) is 11.5 Å². The van der Waals surface area contributed by atoms with Crippen molar-refractivity contribution >= 4 is 11.9 Å². The minimum atomic E-state index is -0.371. The van der Waals surface area contributed by atoms with E-state index in [1.807, 2.05) is 4.90 Å². The predicted molar refractivity (Wildman–Crippen MR) is 91.2 cm³/mol. The first-order valence-corrected chi connectivity index (χ1v) is 8.25. The first kappa shape index (κ1) is 17.5. The summed E-state index contributed by atoms with van der Waals surface area (Å²) < 4.78 is 21.3. The molecular formula is C17H23N3O5. The van der Waals surface area contributed by atoms with Crippen molar-refractivity contribution in [2.24, 2.45) is 4.99 Å². The van der Waals surface area contributed by atoms with Gasteiger partial charge in [0.05, 0.1) is 6.61 Å². The summed E-state index contributed by atoms with van der Waals surface area (Å²) in [6.45, 7) is 4.26. The molecule has 3 rings (SSSR count). The van der Waals surface area contributed by atoms with Gasteiger partial charge in [-0.15, -0.1) is 0 Å². The van der Waals surface area contributed by atoms with Gasteiger partial charge in [0.2, 0.25) is 6.79 Å². The van der Waals surface area contributed by atoms with Crippen LogP contribution in [0.2, 0.25) is 0 Å². The zero-order valence-corrected chi connectivity index (χ0v) is 14.6. The molecule has 2 heterocycles. The molecule has 25 heavy (non-hydrogen) atoms. The molecule has 0 aliphatic carbocycles. The molecule has 0 atom stereocenters. The lowest BCUT2D eigenvalue weighted by Crippen LogP contribution is -2.48. The lowest BCUT2D eigenvalue weighted by atomic mass is 10.2.